The van der Waals surface area contributed by atoms with Crippen molar-refractivity contribution in [3.63, 3.8) is 0 Å². The molecule has 0 atom stereocenters. The van der Waals surface area contributed by atoms with Crippen LogP contribution in [0.5, 0.6) is 5.75 Å². The topological polar surface area (TPSA) is 174 Å². The standard InChI is InChI=1S/C28H18N2O8S2/c31-27-21-13-19(39(33,34)35)5-7-23(21)29-25(27)11-15-1-3-17-10-16(2-4-18(17)9-15)12-26-28(32)22-14-20(40(36,37)38)6-8-24(22)30-26/h1-14,29,31H,(H,33,34,35)(H,36,37,38). The molecule has 0 saturated heterocycles. The second-order valence-electron chi connectivity index (χ2n) is 9.20. The largest absolute Gasteiger partial charge is 0.505 e. The van der Waals surface area contributed by atoms with Gasteiger partial charge >= 0.3 is 0 Å². The highest BCUT2D eigenvalue weighted by Gasteiger charge is 2.25. The zero-order chi connectivity index (χ0) is 28.4. The fraction of sp³-hybridized carbons (Fsp3) is 0. The number of H-pyrrole nitrogens is 1. The van der Waals surface area contributed by atoms with Crippen LogP contribution in [0.2, 0.25) is 0 Å². The van der Waals surface area contributed by atoms with Crippen LogP contribution in [0.1, 0.15) is 16.1 Å². The maximum atomic E-state index is 12.8. The van der Waals surface area contributed by atoms with Crippen LogP contribution in [0.4, 0.5) is 5.69 Å². The first-order valence-electron chi connectivity index (χ1n) is 11.7. The quantitative estimate of drug-likeness (QED) is 0.237. The van der Waals surface area contributed by atoms with Gasteiger partial charge in [-0.2, -0.15) is 16.8 Å². The number of aromatic amines is 1. The van der Waals surface area contributed by atoms with Crippen molar-refractivity contribution in [1.82, 2.24) is 4.98 Å². The molecule has 0 amide bonds. The molecule has 0 radical (unpaired) electrons. The fourth-order valence-electron chi connectivity index (χ4n) is 4.60. The highest BCUT2D eigenvalue weighted by Crippen LogP contribution is 2.31. The third-order valence-corrected chi connectivity index (χ3v) is 8.25. The number of carbonyl (C=O) groups excluding carboxylic acids is 1. The van der Waals surface area contributed by atoms with Crippen molar-refractivity contribution in [3.05, 3.63) is 94.5 Å². The first kappa shape index (κ1) is 25.6. The number of benzene rings is 4. The second-order valence-corrected chi connectivity index (χ2v) is 12.0. The van der Waals surface area contributed by atoms with Gasteiger partial charge in [-0.3, -0.25) is 13.9 Å². The SMILES string of the molecule is O=C1C(C=c2ccc3cc(=Cc4[nH]c5ccc(S(=O)(=O)O)cc5c4O)ccc3c2)=Nc2ccc(S(=O)(=O)O)cc21. The summed E-state index contributed by atoms with van der Waals surface area (Å²) < 4.78 is 64.3. The van der Waals surface area contributed by atoms with Gasteiger partial charge in [0.05, 0.1) is 26.7 Å². The summed E-state index contributed by atoms with van der Waals surface area (Å²) in [5.74, 6) is -0.607. The number of aliphatic imine (C=N–C) groups is 1. The minimum absolute atomic E-state index is 0.0942. The Morgan fingerprint density at radius 2 is 1.32 bits per heavy atom. The summed E-state index contributed by atoms with van der Waals surface area (Å²) in [6.07, 6.45) is 3.30. The Kier molecular flexibility index (Phi) is 5.75. The van der Waals surface area contributed by atoms with E-state index in [9.17, 15) is 35.8 Å². The first-order valence-corrected chi connectivity index (χ1v) is 14.6. The smallest absolute Gasteiger partial charge is 0.294 e. The number of hydrogen-bond acceptors (Lipinski definition) is 7. The molecular formula is C28H18N2O8S2. The zero-order valence-electron chi connectivity index (χ0n) is 20.2. The van der Waals surface area contributed by atoms with Crippen molar-refractivity contribution in [2.75, 3.05) is 0 Å². The minimum Gasteiger partial charge on any atom is -0.505 e. The number of rotatable bonds is 4. The minimum atomic E-state index is -4.45. The highest BCUT2D eigenvalue weighted by atomic mass is 32.2. The summed E-state index contributed by atoms with van der Waals surface area (Å²) >= 11 is 0. The Hall–Kier alpha value is -4.62. The fourth-order valence-corrected chi connectivity index (χ4v) is 5.61. The van der Waals surface area contributed by atoms with Crippen molar-refractivity contribution in [2.24, 2.45) is 4.99 Å². The Labute approximate surface area is 226 Å². The number of hydrogen-bond donors (Lipinski definition) is 4. The molecule has 0 spiro atoms. The van der Waals surface area contributed by atoms with Crippen molar-refractivity contribution < 1.29 is 35.8 Å². The van der Waals surface area contributed by atoms with E-state index in [1.54, 1.807) is 18.2 Å². The number of aromatic nitrogens is 1. The molecule has 4 aromatic carbocycles. The van der Waals surface area contributed by atoms with Crippen LogP contribution in [0, 0.1) is 0 Å². The molecular weight excluding hydrogens is 556 g/mol. The van der Waals surface area contributed by atoms with Gasteiger partial charge in [0.2, 0.25) is 5.78 Å². The van der Waals surface area contributed by atoms with Crippen molar-refractivity contribution in [1.29, 1.82) is 0 Å². The van der Waals surface area contributed by atoms with Crippen LogP contribution in [-0.4, -0.2) is 47.5 Å². The van der Waals surface area contributed by atoms with E-state index in [1.807, 2.05) is 30.3 Å². The molecule has 0 saturated carbocycles. The Morgan fingerprint density at radius 3 is 1.98 bits per heavy atom. The van der Waals surface area contributed by atoms with Crippen molar-refractivity contribution >= 4 is 71.2 Å². The van der Waals surface area contributed by atoms with Crippen LogP contribution < -0.4 is 10.4 Å². The van der Waals surface area contributed by atoms with Crippen molar-refractivity contribution in [2.45, 2.75) is 9.79 Å². The van der Waals surface area contributed by atoms with E-state index in [2.05, 4.69) is 9.98 Å². The number of nitrogens with one attached hydrogen (secondary N) is 1. The molecule has 1 aliphatic rings. The van der Waals surface area contributed by atoms with E-state index in [1.165, 1.54) is 30.3 Å². The van der Waals surface area contributed by atoms with Crippen LogP contribution in [0.15, 0.2) is 87.6 Å². The summed E-state index contributed by atoms with van der Waals surface area (Å²) in [5.41, 5.74) is 1.41. The molecule has 200 valence electrons. The Morgan fingerprint density at radius 1 is 0.725 bits per heavy atom. The van der Waals surface area contributed by atoms with Crippen LogP contribution in [0.25, 0.3) is 33.8 Å². The monoisotopic (exact) mass is 574 g/mol. The maximum Gasteiger partial charge on any atom is 0.294 e. The average Bonchev–Trinajstić information content (AvgIpc) is 3.38. The number of nitrogens with zero attached hydrogens (tertiary/aromatic N) is 1. The molecule has 1 aliphatic heterocycles. The summed E-state index contributed by atoms with van der Waals surface area (Å²) in [6, 6.07) is 18.6. The van der Waals surface area contributed by atoms with E-state index in [0.29, 0.717) is 22.1 Å². The Balaban J connectivity index is 1.34. The molecule has 0 aliphatic carbocycles. The highest BCUT2D eigenvalue weighted by molar-refractivity contribution is 7.86. The van der Waals surface area contributed by atoms with Gasteiger partial charge in [0.25, 0.3) is 20.2 Å². The summed E-state index contributed by atoms with van der Waals surface area (Å²) in [4.78, 5) is 19.4. The lowest BCUT2D eigenvalue weighted by atomic mass is 10.1. The third kappa shape index (κ3) is 4.58. The average molecular weight is 575 g/mol. The van der Waals surface area contributed by atoms with Gasteiger partial charge < -0.3 is 10.1 Å². The molecule has 2 heterocycles. The number of ketones is 1. The zero-order valence-corrected chi connectivity index (χ0v) is 21.9. The molecule has 6 rings (SSSR count). The van der Waals surface area contributed by atoms with Gasteiger partial charge in [-0.15, -0.1) is 0 Å². The molecule has 0 fully saturated rings. The predicted molar refractivity (Wildman–Crippen MR) is 149 cm³/mol. The van der Waals surface area contributed by atoms with Gasteiger partial charge in [-0.1, -0.05) is 24.3 Å². The van der Waals surface area contributed by atoms with Crippen LogP contribution >= 0.6 is 0 Å². The number of fused-ring (bicyclic) bond motifs is 3. The summed E-state index contributed by atoms with van der Waals surface area (Å²) in [6.45, 7) is 0. The normalized spacial score (nSPS) is 14.8. The first-order chi connectivity index (χ1) is 18.9. The number of carbonyl (C=O) groups is 1. The lowest BCUT2D eigenvalue weighted by molar-refractivity contribution is 0.107. The molecule has 4 N–H and O–H groups in total. The van der Waals surface area contributed by atoms with E-state index in [0.717, 1.165) is 22.1 Å². The maximum absolute atomic E-state index is 12.8. The Bertz CT molecular complexity index is 2300. The molecule has 0 unspecified atom stereocenters. The number of aromatic hydroxyl groups is 1. The predicted octanol–water partition coefficient (Wildman–Crippen LogP) is 3.10. The summed E-state index contributed by atoms with van der Waals surface area (Å²) in [5, 5.41) is 14.1. The van der Waals surface area contributed by atoms with Gasteiger partial charge in [0, 0.05) is 10.9 Å². The molecule has 12 heteroatoms. The van der Waals surface area contributed by atoms with E-state index < -0.39 is 26.0 Å². The second kappa shape index (κ2) is 8.96. The number of Topliss-reactive ketones (excluding diaryl/α,β-unsaturated/α-hetero) is 1. The van der Waals surface area contributed by atoms with E-state index >= 15 is 0 Å². The summed E-state index contributed by atoms with van der Waals surface area (Å²) in [7, 11) is -8.87. The van der Waals surface area contributed by atoms with Gasteiger partial charge in [-0.25, -0.2) is 4.99 Å². The lowest BCUT2D eigenvalue weighted by Gasteiger charge is -2.00. The van der Waals surface area contributed by atoms with Crippen molar-refractivity contribution in [3.8, 4) is 5.75 Å². The third-order valence-electron chi connectivity index (χ3n) is 6.56. The molecule has 5 aromatic rings. The van der Waals surface area contributed by atoms with Crippen LogP contribution in [0.3, 0.4) is 0 Å². The van der Waals surface area contributed by atoms with Gasteiger partial charge in [-0.05, 0) is 81.9 Å². The van der Waals surface area contributed by atoms with E-state index in [4.69, 9.17) is 0 Å². The van der Waals surface area contributed by atoms with Gasteiger partial charge in [0.1, 0.15) is 11.5 Å². The molecule has 40 heavy (non-hydrogen) atoms. The van der Waals surface area contributed by atoms with Gasteiger partial charge in [0.15, 0.2) is 0 Å². The molecule has 10 nitrogen and oxygen atoms in total. The molecule has 1 aromatic heterocycles. The lowest BCUT2D eigenvalue weighted by Crippen LogP contribution is -2.12. The van der Waals surface area contributed by atoms with E-state index in [-0.39, 0.29) is 32.2 Å². The van der Waals surface area contributed by atoms with Crippen LogP contribution in [-0.2, 0) is 20.2 Å². The molecule has 0 bridgehead atoms.